The van der Waals surface area contributed by atoms with Crippen LogP contribution in [0.3, 0.4) is 0 Å². The molecule has 0 aliphatic carbocycles. The Morgan fingerprint density at radius 1 is 1.18 bits per heavy atom. The number of methoxy groups -OCH3 is 2. The lowest BCUT2D eigenvalue weighted by Gasteiger charge is -2.28. The van der Waals surface area contributed by atoms with Gasteiger partial charge < -0.3 is 14.6 Å². The van der Waals surface area contributed by atoms with Crippen molar-refractivity contribution < 1.29 is 14.6 Å². The fourth-order valence-corrected chi connectivity index (χ4v) is 3.65. The third kappa shape index (κ3) is 2.27. The van der Waals surface area contributed by atoms with Gasteiger partial charge in [-0.3, -0.25) is 4.57 Å². The fraction of sp³-hybridized carbons (Fsp3) is 0.438. The first kappa shape index (κ1) is 15.2. The summed E-state index contributed by atoms with van der Waals surface area (Å²) < 4.78 is 12.6. The molecule has 1 unspecified atom stereocenters. The molecule has 0 radical (unpaired) electrons. The average molecular weight is 320 g/mol. The SMILES string of the molecule is COc1ccc(OC)c2c1nc1n2C(O)C=C(C(C)(C)C)S1. The van der Waals surface area contributed by atoms with Gasteiger partial charge in [0.1, 0.15) is 22.5 Å². The number of fused-ring (bicyclic) bond motifs is 3. The number of thioether (sulfide) groups is 1. The molecule has 3 rings (SSSR count). The van der Waals surface area contributed by atoms with Crippen LogP contribution in [-0.2, 0) is 0 Å². The number of nitrogens with zero attached hydrogens (tertiary/aromatic N) is 2. The van der Waals surface area contributed by atoms with E-state index in [2.05, 4.69) is 25.8 Å². The Morgan fingerprint density at radius 3 is 2.41 bits per heavy atom. The third-order valence-corrected chi connectivity index (χ3v) is 5.12. The van der Waals surface area contributed by atoms with Crippen molar-refractivity contribution in [1.82, 2.24) is 9.55 Å². The molecule has 1 aliphatic rings. The highest BCUT2D eigenvalue weighted by atomic mass is 32.2. The summed E-state index contributed by atoms with van der Waals surface area (Å²) in [6.07, 6.45) is 1.11. The van der Waals surface area contributed by atoms with Gasteiger partial charge in [-0.2, -0.15) is 0 Å². The normalized spacial score (nSPS) is 18.1. The highest BCUT2D eigenvalue weighted by Gasteiger charge is 2.30. The quantitative estimate of drug-likeness (QED) is 0.916. The van der Waals surface area contributed by atoms with Crippen LogP contribution in [0.5, 0.6) is 11.5 Å². The summed E-state index contributed by atoms with van der Waals surface area (Å²) in [6, 6.07) is 3.66. The number of rotatable bonds is 2. The second kappa shape index (κ2) is 5.21. The third-order valence-electron chi connectivity index (χ3n) is 3.68. The Bertz CT molecular complexity index is 759. The van der Waals surface area contributed by atoms with Gasteiger partial charge in [-0.1, -0.05) is 32.5 Å². The van der Waals surface area contributed by atoms with Gasteiger partial charge in [-0.15, -0.1) is 0 Å². The maximum absolute atomic E-state index is 10.6. The summed E-state index contributed by atoms with van der Waals surface area (Å²) >= 11 is 1.57. The number of ether oxygens (including phenoxy) is 2. The van der Waals surface area contributed by atoms with Crippen molar-refractivity contribution >= 4 is 22.8 Å². The molecule has 2 aromatic rings. The number of aliphatic hydroxyl groups is 1. The lowest BCUT2D eigenvalue weighted by atomic mass is 9.95. The zero-order chi connectivity index (χ0) is 16.1. The summed E-state index contributed by atoms with van der Waals surface area (Å²) in [6.45, 7) is 6.37. The number of aliphatic hydroxyl groups excluding tert-OH is 1. The molecule has 0 bridgehead atoms. The van der Waals surface area contributed by atoms with Gasteiger partial charge in [0, 0.05) is 0 Å². The molecule has 5 nitrogen and oxygen atoms in total. The first-order chi connectivity index (χ1) is 10.4. The summed E-state index contributed by atoms with van der Waals surface area (Å²) in [5, 5.41) is 11.4. The summed E-state index contributed by atoms with van der Waals surface area (Å²) in [7, 11) is 3.22. The number of aromatic nitrogens is 2. The molecular formula is C16H20N2O3S. The van der Waals surface area contributed by atoms with E-state index in [1.165, 1.54) is 0 Å². The molecule has 0 fully saturated rings. The van der Waals surface area contributed by atoms with E-state index in [4.69, 9.17) is 9.47 Å². The number of hydrogen-bond acceptors (Lipinski definition) is 5. The summed E-state index contributed by atoms with van der Waals surface area (Å²) in [5.74, 6) is 1.34. The standard InChI is InChI=1S/C16H20N2O3S/c1-16(2,3)11-8-12(19)18-14-10(21-5)7-6-9(20-4)13(14)17-15(18)22-11/h6-8,12,19H,1-5H3. The number of hydrogen-bond donors (Lipinski definition) is 1. The molecular weight excluding hydrogens is 300 g/mol. The van der Waals surface area contributed by atoms with Crippen LogP contribution in [-0.4, -0.2) is 28.9 Å². The van der Waals surface area contributed by atoms with Gasteiger partial charge in [0.2, 0.25) is 0 Å². The number of benzene rings is 1. The van der Waals surface area contributed by atoms with Crippen molar-refractivity contribution in [2.24, 2.45) is 5.41 Å². The van der Waals surface area contributed by atoms with E-state index >= 15 is 0 Å². The van der Waals surface area contributed by atoms with Crippen LogP contribution in [0.2, 0.25) is 0 Å². The molecule has 1 aromatic heterocycles. The van der Waals surface area contributed by atoms with Crippen molar-refractivity contribution in [3.05, 3.63) is 23.1 Å². The van der Waals surface area contributed by atoms with Crippen LogP contribution in [0, 0.1) is 5.41 Å². The van der Waals surface area contributed by atoms with Gasteiger partial charge in [0.25, 0.3) is 0 Å². The van der Waals surface area contributed by atoms with Crippen molar-refractivity contribution in [2.75, 3.05) is 14.2 Å². The second-order valence-electron chi connectivity index (χ2n) is 6.23. The minimum atomic E-state index is -0.767. The molecule has 118 valence electrons. The minimum Gasteiger partial charge on any atom is -0.494 e. The van der Waals surface area contributed by atoms with Crippen molar-refractivity contribution in [3.63, 3.8) is 0 Å². The van der Waals surface area contributed by atoms with Crippen LogP contribution >= 0.6 is 11.8 Å². The minimum absolute atomic E-state index is 0.0385. The molecule has 1 atom stereocenters. The molecule has 0 saturated heterocycles. The predicted octanol–water partition coefficient (Wildman–Crippen LogP) is 3.58. The van der Waals surface area contributed by atoms with E-state index in [0.717, 1.165) is 15.6 Å². The molecule has 6 heteroatoms. The molecule has 0 spiro atoms. The van der Waals surface area contributed by atoms with Gasteiger partial charge in [0.05, 0.1) is 14.2 Å². The van der Waals surface area contributed by atoms with Gasteiger partial charge in [-0.25, -0.2) is 4.98 Å². The summed E-state index contributed by atoms with van der Waals surface area (Å²) in [4.78, 5) is 5.76. The maximum Gasteiger partial charge on any atom is 0.176 e. The van der Waals surface area contributed by atoms with Crippen LogP contribution in [0.25, 0.3) is 11.0 Å². The van der Waals surface area contributed by atoms with Gasteiger partial charge >= 0.3 is 0 Å². The smallest absolute Gasteiger partial charge is 0.176 e. The van der Waals surface area contributed by atoms with E-state index in [9.17, 15) is 5.11 Å². The first-order valence-corrected chi connectivity index (χ1v) is 7.89. The number of imidazole rings is 1. The lowest BCUT2D eigenvalue weighted by Crippen LogP contribution is -2.17. The molecule has 0 saturated carbocycles. The number of allylic oxidation sites excluding steroid dienone is 1. The predicted molar refractivity (Wildman–Crippen MR) is 87.5 cm³/mol. The van der Waals surface area contributed by atoms with Gasteiger partial charge in [-0.05, 0) is 28.5 Å². The molecule has 1 aliphatic heterocycles. The topological polar surface area (TPSA) is 56.5 Å². The Kier molecular flexibility index (Phi) is 3.61. The van der Waals surface area contributed by atoms with Crippen LogP contribution in [0.1, 0.15) is 27.0 Å². The second-order valence-corrected chi connectivity index (χ2v) is 7.24. The van der Waals surface area contributed by atoms with Crippen molar-refractivity contribution in [2.45, 2.75) is 32.2 Å². The van der Waals surface area contributed by atoms with E-state index in [0.29, 0.717) is 17.0 Å². The fourth-order valence-electron chi connectivity index (χ4n) is 2.52. The Morgan fingerprint density at radius 2 is 1.82 bits per heavy atom. The molecule has 0 amide bonds. The van der Waals surface area contributed by atoms with E-state index < -0.39 is 6.23 Å². The Balaban J connectivity index is 2.25. The molecule has 2 heterocycles. The zero-order valence-corrected chi connectivity index (χ0v) is 14.2. The van der Waals surface area contributed by atoms with Crippen molar-refractivity contribution in [1.29, 1.82) is 0 Å². The Hall–Kier alpha value is -1.66. The largest absolute Gasteiger partial charge is 0.494 e. The highest BCUT2D eigenvalue weighted by Crippen LogP contribution is 2.47. The van der Waals surface area contributed by atoms with E-state index in [-0.39, 0.29) is 5.41 Å². The molecule has 1 aromatic carbocycles. The molecule has 22 heavy (non-hydrogen) atoms. The lowest BCUT2D eigenvalue weighted by molar-refractivity contribution is 0.145. The van der Waals surface area contributed by atoms with E-state index in [1.807, 2.05) is 18.2 Å². The zero-order valence-electron chi connectivity index (χ0n) is 13.4. The maximum atomic E-state index is 10.6. The average Bonchev–Trinajstić information content (AvgIpc) is 2.85. The Labute approximate surface area is 133 Å². The summed E-state index contributed by atoms with van der Waals surface area (Å²) in [5.41, 5.74) is 1.41. The highest BCUT2D eigenvalue weighted by molar-refractivity contribution is 8.03. The van der Waals surface area contributed by atoms with Crippen LogP contribution in [0.4, 0.5) is 0 Å². The van der Waals surface area contributed by atoms with E-state index in [1.54, 1.807) is 30.5 Å². The van der Waals surface area contributed by atoms with Crippen LogP contribution in [0.15, 0.2) is 28.3 Å². The van der Waals surface area contributed by atoms with Crippen LogP contribution < -0.4 is 9.47 Å². The van der Waals surface area contributed by atoms with Crippen molar-refractivity contribution in [3.8, 4) is 11.5 Å². The van der Waals surface area contributed by atoms with Gasteiger partial charge in [0.15, 0.2) is 11.4 Å². The molecule has 1 N–H and O–H groups in total. The monoisotopic (exact) mass is 320 g/mol. The first-order valence-electron chi connectivity index (χ1n) is 7.08.